The number of hydrogen-bond donors (Lipinski definition) is 6. The van der Waals surface area contributed by atoms with Crippen molar-refractivity contribution in [2.45, 2.75) is 32.1 Å². The third-order valence-electron chi connectivity index (χ3n) is 7.55. The number of ether oxygens (including phenoxy) is 1. The van der Waals surface area contributed by atoms with Crippen molar-refractivity contribution in [2.24, 2.45) is 0 Å². The van der Waals surface area contributed by atoms with Gasteiger partial charge in [0.1, 0.15) is 46.0 Å². The Bertz CT molecular complexity index is 1680. The molecule has 0 spiro atoms. The van der Waals surface area contributed by atoms with Gasteiger partial charge in [-0.05, 0) is 102 Å². The highest BCUT2D eigenvalue weighted by atomic mass is 16.5. The second kappa shape index (κ2) is 15.3. The molecule has 7 heteroatoms. The Hall–Kier alpha value is -5.82. The van der Waals surface area contributed by atoms with Crippen molar-refractivity contribution in [3.05, 3.63) is 145 Å². The van der Waals surface area contributed by atoms with E-state index in [1.54, 1.807) is 84.9 Å². The molecule has 6 N–H and O–H groups in total. The Morgan fingerprint density at radius 3 is 1.11 bits per heavy atom. The van der Waals surface area contributed by atoms with Crippen molar-refractivity contribution in [3.8, 4) is 46.0 Å². The number of rotatable bonds is 6. The molecule has 0 bridgehead atoms. The number of hydrogen-bond acceptors (Lipinski definition) is 7. The molecule has 236 valence electrons. The van der Waals surface area contributed by atoms with E-state index in [0.717, 1.165) is 12.8 Å². The fourth-order valence-electron chi connectivity index (χ4n) is 5.05. The Morgan fingerprint density at radius 2 is 0.783 bits per heavy atom. The van der Waals surface area contributed by atoms with Gasteiger partial charge in [-0.1, -0.05) is 68.8 Å². The lowest BCUT2D eigenvalue weighted by atomic mass is 9.73. The summed E-state index contributed by atoms with van der Waals surface area (Å²) in [6, 6.07) is 37.8. The molecule has 0 saturated carbocycles. The van der Waals surface area contributed by atoms with E-state index in [-0.39, 0.29) is 39.9 Å². The summed E-state index contributed by atoms with van der Waals surface area (Å²) in [4.78, 5) is 0. The predicted molar refractivity (Wildman–Crippen MR) is 181 cm³/mol. The number of phenolic OH excluding ortho intramolecular Hbond substituents is 6. The molecule has 0 unspecified atom stereocenters. The van der Waals surface area contributed by atoms with E-state index in [1.807, 2.05) is 36.4 Å². The van der Waals surface area contributed by atoms with E-state index in [0.29, 0.717) is 22.3 Å². The lowest BCUT2D eigenvalue weighted by Gasteiger charge is -2.31. The van der Waals surface area contributed by atoms with Crippen LogP contribution in [0.25, 0.3) is 10.8 Å². The maximum absolute atomic E-state index is 9.43. The molecule has 0 saturated heterocycles. The summed E-state index contributed by atoms with van der Waals surface area (Å²) in [5, 5.41) is 57.1. The molecular weight excluding hydrogens is 580 g/mol. The van der Waals surface area contributed by atoms with Gasteiger partial charge in [-0.15, -0.1) is 0 Å². The van der Waals surface area contributed by atoms with Crippen LogP contribution in [0.1, 0.15) is 37.8 Å². The minimum atomic E-state index is -0.101. The molecular formula is C39H38O7. The Balaban J connectivity index is 0.000000161. The summed E-state index contributed by atoms with van der Waals surface area (Å²) >= 11 is 0. The van der Waals surface area contributed by atoms with Gasteiger partial charge in [-0.3, -0.25) is 0 Å². The quantitative estimate of drug-likeness (QED) is 0.103. The standard InChI is InChI=1S/C17H20O2.C12H10O3.C10H8O2/c1-3-12-17(2,13-4-8-15(18)9-5-13)14-6-10-16(19)11-7-14;13-9-1-5-11(6-2-9)15-12-7-3-10(14)4-8-12;11-9-5-6-10(12)8-4-2-1-3-7(8)9/h4-11,18-19H,3,12H2,1-2H3;1-8,13-14H;1-6,11-12H. The van der Waals surface area contributed by atoms with Crippen LogP contribution in [0.2, 0.25) is 0 Å². The fourth-order valence-corrected chi connectivity index (χ4v) is 5.05. The summed E-state index contributed by atoms with van der Waals surface area (Å²) in [6.07, 6.45) is 2.08. The fraction of sp³-hybridized carbons (Fsp3) is 0.128. The van der Waals surface area contributed by atoms with Crippen LogP contribution in [0, 0.1) is 0 Å². The Kier molecular flexibility index (Phi) is 11.0. The molecule has 0 aliphatic rings. The zero-order valence-corrected chi connectivity index (χ0v) is 25.7. The molecule has 0 radical (unpaired) electrons. The molecule has 7 nitrogen and oxygen atoms in total. The molecule has 6 aromatic carbocycles. The lowest BCUT2D eigenvalue weighted by molar-refractivity contribution is 0.459. The van der Waals surface area contributed by atoms with Crippen LogP contribution >= 0.6 is 0 Å². The minimum Gasteiger partial charge on any atom is -0.508 e. The first-order valence-corrected chi connectivity index (χ1v) is 14.8. The highest BCUT2D eigenvalue weighted by Crippen LogP contribution is 2.37. The van der Waals surface area contributed by atoms with Gasteiger partial charge in [0.15, 0.2) is 0 Å². The molecule has 46 heavy (non-hydrogen) atoms. The van der Waals surface area contributed by atoms with Gasteiger partial charge in [0.25, 0.3) is 0 Å². The summed E-state index contributed by atoms with van der Waals surface area (Å²) in [7, 11) is 0. The Labute approximate surface area is 268 Å². The van der Waals surface area contributed by atoms with E-state index in [4.69, 9.17) is 14.9 Å². The van der Waals surface area contributed by atoms with E-state index < -0.39 is 0 Å². The molecule has 0 aromatic heterocycles. The summed E-state index contributed by atoms with van der Waals surface area (Å²) in [5.74, 6) is 2.64. The van der Waals surface area contributed by atoms with Crippen molar-refractivity contribution in [2.75, 3.05) is 0 Å². The van der Waals surface area contributed by atoms with Crippen LogP contribution < -0.4 is 4.74 Å². The maximum atomic E-state index is 9.43. The molecule has 0 atom stereocenters. The van der Waals surface area contributed by atoms with Gasteiger partial charge in [0, 0.05) is 16.2 Å². The third-order valence-corrected chi connectivity index (χ3v) is 7.55. The Morgan fingerprint density at radius 1 is 0.457 bits per heavy atom. The second-order valence-electron chi connectivity index (χ2n) is 10.9. The number of benzene rings is 6. The van der Waals surface area contributed by atoms with Crippen LogP contribution in [0.15, 0.2) is 133 Å². The predicted octanol–water partition coefficient (Wildman–Crippen LogP) is 9.34. The maximum Gasteiger partial charge on any atom is 0.127 e. The topological polar surface area (TPSA) is 131 Å². The highest BCUT2D eigenvalue weighted by Gasteiger charge is 2.27. The molecule has 0 amide bonds. The molecule has 0 aliphatic carbocycles. The van der Waals surface area contributed by atoms with E-state index in [2.05, 4.69) is 13.8 Å². The monoisotopic (exact) mass is 618 g/mol. The number of phenols is 6. The number of fused-ring (bicyclic) bond motifs is 1. The second-order valence-corrected chi connectivity index (χ2v) is 10.9. The van der Waals surface area contributed by atoms with Crippen LogP contribution in [0.4, 0.5) is 0 Å². The summed E-state index contributed by atoms with van der Waals surface area (Å²) in [6.45, 7) is 4.37. The number of aromatic hydroxyl groups is 6. The first kappa shape index (κ1) is 33.1. The molecule has 0 heterocycles. The largest absolute Gasteiger partial charge is 0.508 e. The van der Waals surface area contributed by atoms with Gasteiger partial charge >= 0.3 is 0 Å². The van der Waals surface area contributed by atoms with E-state index >= 15 is 0 Å². The molecule has 6 aromatic rings. The van der Waals surface area contributed by atoms with Gasteiger partial charge in [0.2, 0.25) is 0 Å². The normalized spacial score (nSPS) is 10.7. The van der Waals surface area contributed by atoms with Crippen molar-refractivity contribution in [3.63, 3.8) is 0 Å². The summed E-state index contributed by atoms with van der Waals surface area (Å²) in [5.41, 5.74) is 2.26. The molecule has 0 fully saturated rings. The first-order valence-electron chi connectivity index (χ1n) is 14.8. The van der Waals surface area contributed by atoms with Crippen molar-refractivity contribution in [1.82, 2.24) is 0 Å². The lowest BCUT2D eigenvalue weighted by Crippen LogP contribution is -2.23. The van der Waals surface area contributed by atoms with E-state index in [9.17, 15) is 20.4 Å². The zero-order valence-electron chi connectivity index (χ0n) is 25.7. The van der Waals surface area contributed by atoms with Crippen LogP contribution in [0.5, 0.6) is 46.0 Å². The van der Waals surface area contributed by atoms with Gasteiger partial charge < -0.3 is 35.4 Å². The summed E-state index contributed by atoms with van der Waals surface area (Å²) < 4.78 is 5.47. The van der Waals surface area contributed by atoms with Crippen molar-refractivity contribution < 1.29 is 35.4 Å². The van der Waals surface area contributed by atoms with Gasteiger partial charge in [-0.25, -0.2) is 0 Å². The molecule has 6 rings (SSSR count). The van der Waals surface area contributed by atoms with E-state index in [1.165, 1.54) is 23.3 Å². The molecule has 0 aliphatic heterocycles. The smallest absolute Gasteiger partial charge is 0.127 e. The van der Waals surface area contributed by atoms with Gasteiger partial charge in [0.05, 0.1) is 0 Å². The van der Waals surface area contributed by atoms with Crippen molar-refractivity contribution >= 4 is 10.8 Å². The third kappa shape index (κ3) is 8.64. The average molecular weight is 619 g/mol. The van der Waals surface area contributed by atoms with Crippen molar-refractivity contribution in [1.29, 1.82) is 0 Å². The van der Waals surface area contributed by atoms with Gasteiger partial charge in [-0.2, -0.15) is 0 Å². The average Bonchev–Trinajstić information content (AvgIpc) is 3.06. The highest BCUT2D eigenvalue weighted by molar-refractivity contribution is 5.92. The first-order chi connectivity index (χ1) is 22.1. The minimum absolute atomic E-state index is 0.101. The van der Waals surface area contributed by atoms with Crippen LogP contribution in [-0.2, 0) is 5.41 Å². The van der Waals surface area contributed by atoms with Crippen LogP contribution in [0.3, 0.4) is 0 Å². The zero-order chi connectivity index (χ0) is 33.1. The van der Waals surface area contributed by atoms with Crippen LogP contribution in [-0.4, -0.2) is 30.6 Å². The SMILES string of the molecule is CCCC(C)(c1ccc(O)cc1)c1ccc(O)cc1.Oc1ccc(O)c2ccccc12.Oc1ccc(Oc2ccc(O)cc2)cc1.